The molecule has 0 radical (unpaired) electrons. The van der Waals surface area contributed by atoms with Crippen molar-refractivity contribution < 1.29 is 31.5 Å². The van der Waals surface area contributed by atoms with Crippen LogP contribution in [0.3, 0.4) is 0 Å². The number of rotatable bonds is 3. The number of allylic oxidation sites excluding steroid dienone is 1. The van der Waals surface area contributed by atoms with Gasteiger partial charge in [0.2, 0.25) is 0 Å². The minimum Gasteiger partial charge on any atom is -0.466 e. The number of carbonyl (C=O) groups excluding carboxylic acids is 2. The van der Waals surface area contributed by atoms with Gasteiger partial charge >= 0.3 is 12.0 Å². The molecule has 0 spiro atoms. The zero-order valence-electron chi connectivity index (χ0n) is 14.7. The summed E-state index contributed by atoms with van der Waals surface area (Å²) in [4.78, 5) is 26.2. The van der Waals surface area contributed by atoms with E-state index in [0.29, 0.717) is 0 Å². The third kappa shape index (κ3) is 3.41. The van der Waals surface area contributed by atoms with Gasteiger partial charge in [-0.1, -0.05) is 6.07 Å². The topological polar surface area (TPSA) is 92.8 Å². The van der Waals surface area contributed by atoms with Gasteiger partial charge in [0.05, 0.1) is 41.8 Å². The van der Waals surface area contributed by atoms with E-state index in [2.05, 4.69) is 5.32 Å². The Morgan fingerprint density at radius 2 is 1.93 bits per heavy atom. The van der Waals surface area contributed by atoms with E-state index in [1.54, 1.807) is 0 Å². The molecule has 1 fully saturated rings. The average molecular weight is 400 g/mol. The van der Waals surface area contributed by atoms with Gasteiger partial charge in [-0.05, 0) is 25.5 Å². The van der Waals surface area contributed by atoms with E-state index in [4.69, 9.17) is 4.74 Å². The van der Waals surface area contributed by atoms with Crippen molar-refractivity contribution in [2.75, 3.05) is 18.6 Å². The number of hydrogen-bond donors (Lipinski definition) is 1. The van der Waals surface area contributed by atoms with Gasteiger partial charge in [0.15, 0.2) is 9.84 Å². The highest BCUT2D eigenvalue weighted by molar-refractivity contribution is 7.91. The van der Waals surface area contributed by atoms with E-state index in [-0.39, 0.29) is 29.2 Å². The van der Waals surface area contributed by atoms with Crippen molar-refractivity contribution in [3.05, 3.63) is 46.7 Å². The van der Waals surface area contributed by atoms with Crippen LogP contribution < -0.4 is 5.32 Å². The van der Waals surface area contributed by atoms with Crippen molar-refractivity contribution in [1.29, 1.82) is 0 Å². The number of nitrogens with one attached hydrogen (secondary N) is 1. The predicted molar refractivity (Wildman–Crippen MR) is 91.2 cm³/mol. The average Bonchev–Trinajstić information content (AvgIpc) is 2.93. The van der Waals surface area contributed by atoms with Gasteiger partial charge < -0.3 is 10.1 Å². The largest absolute Gasteiger partial charge is 0.466 e. The second-order valence-corrected chi connectivity index (χ2v) is 8.66. The SMILES string of the molecule is COC(=O)C1=C(C)N(C2CCS(=O)(=O)C2)C(=O)NC1c1c(F)cccc1F. The lowest BCUT2D eigenvalue weighted by Gasteiger charge is -2.38. The molecule has 7 nitrogen and oxygen atoms in total. The molecule has 0 aromatic heterocycles. The van der Waals surface area contributed by atoms with E-state index in [1.165, 1.54) is 13.0 Å². The quantitative estimate of drug-likeness (QED) is 0.779. The van der Waals surface area contributed by atoms with Crippen LogP contribution in [0.1, 0.15) is 24.9 Å². The van der Waals surface area contributed by atoms with Crippen molar-refractivity contribution in [3.8, 4) is 0 Å². The lowest BCUT2D eigenvalue weighted by Crippen LogP contribution is -2.52. The molecule has 2 aliphatic heterocycles. The van der Waals surface area contributed by atoms with Crippen molar-refractivity contribution in [2.24, 2.45) is 0 Å². The van der Waals surface area contributed by atoms with Crippen LogP contribution in [0.25, 0.3) is 0 Å². The molecule has 0 aliphatic carbocycles. The molecule has 2 heterocycles. The van der Waals surface area contributed by atoms with E-state index in [1.807, 2.05) is 0 Å². The Bertz CT molecular complexity index is 924. The Kier molecular flexibility index (Phi) is 4.94. The molecule has 1 N–H and O–H groups in total. The summed E-state index contributed by atoms with van der Waals surface area (Å²) in [5.41, 5.74) is -0.518. The highest BCUT2D eigenvalue weighted by atomic mass is 32.2. The molecule has 1 aromatic rings. The van der Waals surface area contributed by atoms with Gasteiger partial charge in [0.25, 0.3) is 0 Å². The van der Waals surface area contributed by atoms with Crippen LogP contribution in [0, 0.1) is 11.6 Å². The Labute approximate surface area is 154 Å². The van der Waals surface area contributed by atoms with Crippen LogP contribution in [0.4, 0.5) is 13.6 Å². The van der Waals surface area contributed by atoms with Crippen LogP contribution >= 0.6 is 0 Å². The van der Waals surface area contributed by atoms with Gasteiger partial charge in [-0.2, -0.15) is 0 Å². The monoisotopic (exact) mass is 400 g/mol. The zero-order valence-corrected chi connectivity index (χ0v) is 15.5. The lowest BCUT2D eigenvalue weighted by molar-refractivity contribution is -0.136. The third-order valence-electron chi connectivity index (χ3n) is 4.79. The summed E-state index contributed by atoms with van der Waals surface area (Å²) >= 11 is 0. The maximum atomic E-state index is 14.3. The number of methoxy groups -OCH3 is 1. The lowest BCUT2D eigenvalue weighted by atomic mass is 9.93. The van der Waals surface area contributed by atoms with E-state index < -0.39 is 51.1 Å². The van der Waals surface area contributed by atoms with Gasteiger partial charge in [0.1, 0.15) is 11.6 Å². The fourth-order valence-corrected chi connectivity index (χ4v) is 5.25. The first-order valence-corrected chi connectivity index (χ1v) is 10.0. The normalized spacial score (nSPS) is 24.7. The summed E-state index contributed by atoms with van der Waals surface area (Å²) in [5, 5.41) is 2.42. The molecule has 2 atom stereocenters. The molecule has 3 rings (SSSR count). The first-order valence-electron chi connectivity index (χ1n) is 8.19. The van der Waals surface area contributed by atoms with Crippen LogP contribution in [0.2, 0.25) is 0 Å². The summed E-state index contributed by atoms with van der Waals surface area (Å²) in [6.07, 6.45) is 0.209. The number of benzene rings is 1. The molecule has 2 aliphatic rings. The van der Waals surface area contributed by atoms with E-state index in [9.17, 15) is 26.8 Å². The van der Waals surface area contributed by atoms with Crippen molar-refractivity contribution in [1.82, 2.24) is 10.2 Å². The number of nitrogens with zero attached hydrogens (tertiary/aromatic N) is 1. The second-order valence-electron chi connectivity index (χ2n) is 6.44. The fraction of sp³-hybridized carbons (Fsp3) is 0.412. The molecule has 27 heavy (non-hydrogen) atoms. The molecule has 1 saturated heterocycles. The molecular formula is C17H18F2N2O5S. The second kappa shape index (κ2) is 6.91. The third-order valence-corrected chi connectivity index (χ3v) is 6.54. The first-order chi connectivity index (χ1) is 12.7. The number of amides is 2. The van der Waals surface area contributed by atoms with Crippen LogP contribution in [-0.2, 0) is 19.4 Å². The number of urea groups is 1. The number of sulfone groups is 1. The van der Waals surface area contributed by atoms with Gasteiger partial charge in [0, 0.05) is 5.70 Å². The zero-order chi connectivity index (χ0) is 19.9. The summed E-state index contributed by atoms with van der Waals surface area (Å²) in [7, 11) is -2.19. The number of carbonyl (C=O) groups is 2. The number of ether oxygens (including phenoxy) is 1. The van der Waals surface area contributed by atoms with Crippen molar-refractivity contribution >= 4 is 21.8 Å². The Hall–Kier alpha value is -2.49. The fourth-order valence-electron chi connectivity index (χ4n) is 3.55. The first kappa shape index (κ1) is 19.3. The van der Waals surface area contributed by atoms with Crippen molar-refractivity contribution in [3.63, 3.8) is 0 Å². The minimum absolute atomic E-state index is 0.0757. The minimum atomic E-state index is -3.29. The van der Waals surface area contributed by atoms with Crippen LogP contribution in [0.15, 0.2) is 29.5 Å². The molecule has 1 aromatic carbocycles. The number of halogens is 2. The van der Waals surface area contributed by atoms with Gasteiger partial charge in [-0.15, -0.1) is 0 Å². The molecule has 2 unspecified atom stereocenters. The standard InChI is InChI=1S/C17H18F2N2O5S/c1-9-13(16(22)26-2)15(14-11(18)4-3-5-12(14)19)20-17(23)21(9)10-6-7-27(24,25)8-10/h3-5,10,15H,6-8H2,1-2H3,(H,20,23). The Morgan fingerprint density at radius 3 is 2.44 bits per heavy atom. The summed E-state index contributed by atoms with van der Waals surface area (Å²) in [6, 6.07) is 0.426. The van der Waals surface area contributed by atoms with Gasteiger partial charge in [-0.3, -0.25) is 4.90 Å². The molecule has 10 heteroatoms. The number of hydrogen-bond acceptors (Lipinski definition) is 5. The predicted octanol–water partition coefficient (Wildman–Crippen LogP) is 1.67. The number of esters is 1. The van der Waals surface area contributed by atoms with Gasteiger partial charge in [-0.25, -0.2) is 26.8 Å². The van der Waals surface area contributed by atoms with Crippen LogP contribution in [-0.4, -0.2) is 50.0 Å². The molecule has 2 amide bonds. The summed E-state index contributed by atoms with van der Waals surface area (Å²) in [5.74, 6) is -3.04. The summed E-state index contributed by atoms with van der Waals surface area (Å²) < 4.78 is 56.8. The molecular weight excluding hydrogens is 382 g/mol. The van der Waals surface area contributed by atoms with E-state index >= 15 is 0 Å². The Morgan fingerprint density at radius 1 is 1.30 bits per heavy atom. The highest BCUT2D eigenvalue weighted by Crippen LogP contribution is 2.36. The summed E-state index contributed by atoms with van der Waals surface area (Å²) in [6.45, 7) is 1.43. The Balaban J connectivity index is 2.13. The van der Waals surface area contributed by atoms with Crippen molar-refractivity contribution in [2.45, 2.75) is 25.4 Å². The highest BCUT2D eigenvalue weighted by Gasteiger charge is 2.43. The smallest absolute Gasteiger partial charge is 0.337 e. The maximum Gasteiger partial charge on any atom is 0.337 e. The molecule has 0 bridgehead atoms. The molecule has 146 valence electrons. The maximum absolute atomic E-state index is 14.3. The van der Waals surface area contributed by atoms with E-state index in [0.717, 1.165) is 24.1 Å². The van der Waals surface area contributed by atoms with Crippen LogP contribution in [0.5, 0.6) is 0 Å². The molecule has 0 saturated carbocycles.